The molecule has 1 aromatic carbocycles. The van der Waals surface area contributed by atoms with Crippen molar-refractivity contribution >= 4 is 5.91 Å². The zero-order chi connectivity index (χ0) is 20.2. The lowest BCUT2D eigenvalue weighted by atomic mass is 10.0. The first kappa shape index (κ1) is 17.8. The number of rotatable bonds is 2. The number of fused-ring (bicyclic) bond motifs is 5. The number of likely N-dealkylation sites (tertiary alicyclic amines) is 1. The van der Waals surface area contributed by atoms with Crippen LogP contribution in [0.15, 0.2) is 36.7 Å². The van der Waals surface area contributed by atoms with E-state index >= 15 is 0 Å². The minimum Gasteiger partial charge on any atom is -0.335 e. The molecule has 152 valence electrons. The second kappa shape index (κ2) is 6.76. The van der Waals surface area contributed by atoms with Gasteiger partial charge in [-0.2, -0.15) is 5.10 Å². The molecule has 0 N–H and O–H groups in total. The highest BCUT2D eigenvalue weighted by Crippen LogP contribution is 2.38. The standard InChI is InChI=1S/C24H25N5O/c1-15-21(23(30)28-14-16-9-10-19(28)11-16)13-26-29(15)24-25-12-18-7-4-6-17-5-2-3-8-20(17)22(18)27-24/h2-3,5,8,12-13,16,19H,4,6-7,9-11,14H2,1H3. The molecule has 3 heterocycles. The van der Waals surface area contributed by atoms with Gasteiger partial charge in [0, 0.05) is 24.3 Å². The van der Waals surface area contributed by atoms with Gasteiger partial charge in [-0.15, -0.1) is 0 Å². The molecule has 6 rings (SSSR count). The van der Waals surface area contributed by atoms with E-state index in [9.17, 15) is 4.79 Å². The van der Waals surface area contributed by atoms with E-state index in [2.05, 4.69) is 39.2 Å². The monoisotopic (exact) mass is 399 g/mol. The minimum atomic E-state index is 0.103. The molecule has 30 heavy (non-hydrogen) atoms. The smallest absolute Gasteiger partial charge is 0.257 e. The molecule has 6 heteroatoms. The number of hydrogen-bond acceptors (Lipinski definition) is 4. The Morgan fingerprint density at radius 3 is 2.80 bits per heavy atom. The van der Waals surface area contributed by atoms with Gasteiger partial charge in [-0.3, -0.25) is 4.79 Å². The van der Waals surface area contributed by atoms with Gasteiger partial charge in [0.2, 0.25) is 0 Å². The number of carbonyl (C=O) groups excluding carboxylic acids is 1. The van der Waals surface area contributed by atoms with Crippen LogP contribution in [0, 0.1) is 12.8 Å². The maximum absolute atomic E-state index is 13.2. The third-order valence-corrected chi connectivity index (χ3v) is 7.12. The first-order chi connectivity index (χ1) is 14.7. The molecule has 3 aliphatic rings. The van der Waals surface area contributed by atoms with Crippen molar-refractivity contribution in [2.45, 2.75) is 51.5 Å². The summed E-state index contributed by atoms with van der Waals surface area (Å²) in [5.41, 5.74) is 6.16. The van der Waals surface area contributed by atoms with Crippen molar-refractivity contribution in [1.82, 2.24) is 24.6 Å². The zero-order valence-corrected chi connectivity index (χ0v) is 17.2. The topological polar surface area (TPSA) is 63.9 Å². The molecule has 2 aromatic heterocycles. The van der Waals surface area contributed by atoms with Crippen molar-refractivity contribution in [3.8, 4) is 17.2 Å². The average molecular weight is 399 g/mol. The number of benzene rings is 1. The van der Waals surface area contributed by atoms with Crippen LogP contribution in [0.5, 0.6) is 0 Å². The summed E-state index contributed by atoms with van der Waals surface area (Å²) >= 11 is 0. The van der Waals surface area contributed by atoms with Crippen molar-refractivity contribution in [2.24, 2.45) is 5.92 Å². The van der Waals surface area contributed by atoms with Crippen LogP contribution in [0.2, 0.25) is 0 Å². The Labute approximate surface area is 176 Å². The summed E-state index contributed by atoms with van der Waals surface area (Å²) in [4.78, 5) is 24.8. The second-order valence-electron chi connectivity index (χ2n) is 8.90. The highest BCUT2D eigenvalue weighted by Gasteiger charge is 2.41. The summed E-state index contributed by atoms with van der Waals surface area (Å²) in [7, 11) is 0. The van der Waals surface area contributed by atoms with Crippen LogP contribution in [0.4, 0.5) is 0 Å². The number of hydrogen-bond donors (Lipinski definition) is 0. The predicted molar refractivity (Wildman–Crippen MR) is 114 cm³/mol. The lowest BCUT2D eigenvalue weighted by molar-refractivity contribution is 0.0703. The van der Waals surface area contributed by atoms with Crippen LogP contribution < -0.4 is 0 Å². The Hall–Kier alpha value is -3.02. The number of nitrogens with zero attached hydrogens (tertiary/aromatic N) is 5. The van der Waals surface area contributed by atoms with Gasteiger partial charge >= 0.3 is 0 Å². The first-order valence-corrected chi connectivity index (χ1v) is 11.0. The fourth-order valence-electron chi connectivity index (χ4n) is 5.50. The minimum absolute atomic E-state index is 0.103. The largest absolute Gasteiger partial charge is 0.335 e. The summed E-state index contributed by atoms with van der Waals surface area (Å²) < 4.78 is 1.72. The lowest BCUT2D eigenvalue weighted by Crippen LogP contribution is -2.37. The fourth-order valence-corrected chi connectivity index (χ4v) is 5.50. The van der Waals surface area contributed by atoms with Crippen LogP contribution in [-0.4, -0.2) is 43.1 Å². The molecule has 1 saturated heterocycles. The van der Waals surface area contributed by atoms with Crippen LogP contribution in [0.1, 0.15) is 52.9 Å². The van der Waals surface area contributed by atoms with Crippen LogP contribution in [0.3, 0.4) is 0 Å². The molecule has 2 aliphatic carbocycles. The Morgan fingerprint density at radius 2 is 1.97 bits per heavy atom. The number of piperidine rings is 1. The Kier molecular flexibility index (Phi) is 4.01. The van der Waals surface area contributed by atoms with Gasteiger partial charge < -0.3 is 4.90 Å². The number of carbonyl (C=O) groups is 1. The predicted octanol–water partition coefficient (Wildman–Crippen LogP) is 3.75. The maximum atomic E-state index is 13.2. The summed E-state index contributed by atoms with van der Waals surface area (Å²) in [6, 6.07) is 8.89. The Bertz CT molecular complexity index is 1150. The fraction of sp³-hybridized carbons (Fsp3) is 0.417. The third kappa shape index (κ3) is 2.70. The molecule has 6 nitrogen and oxygen atoms in total. The van der Waals surface area contributed by atoms with Crippen molar-refractivity contribution < 1.29 is 4.79 Å². The van der Waals surface area contributed by atoms with Crippen molar-refractivity contribution in [3.63, 3.8) is 0 Å². The molecule has 3 aromatic rings. The number of amides is 1. The third-order valence-electron chi connectivity index (χ3n) is 7.12. The molecule has 1 saturated carbocycles. The SMILES string of the molecule is Cc1c(C(=O)N2CC3CCC2C3)cnn1-c1ncc2c(n1)-c1ccccc1CCC2. The molecule has 2 unspecified atom stereocenters. The van der Waals surface area contributed by atoms with Gasteiger partial charge in [-0.05, 0) is 62.5 Å². The number of aromatic nitrogens is 4. The van der Waals surface area contributed by atoms with E-state index < -0.39 is 0 Å². The van der Waals surface area contributed by atoms with E-state index in [1.165, 1.54) is 23.1 Å². The highest BCUT2D eigenvalue weighted by molar-refractivity contribution is 5.95. The van der Waals surface area contributed by atoms with E-state index in [-0.39, 0.29) is 5.91 Å². The number of aryl methyl sites for hydroxylation is 2. The van der Waals surface area contributed by atoms with Crippen LogP contribution in [0.25, 0.3) is 17.2 Å². The molecular formula is C24H25N5O. The van der Waals surface area contributed by atoms with Crippen molar-refractivity contribution in [1.29, 1.82) is 0 Å². The van der Waals surface area contributed by atoms with Gasteiger partial charge in [0.25, 0.3) is 11.9 Å². The second-order valence-corrected chi connectivity index (χ2v) is 8.90. The average Bonchev–Trinajstić information content (AvgIpc) is 3.47. The van der Waals surface area contributed by atoms with E-state index in [0.29, 0.717) is 23.5 Å². The highest BCUT2D eigenvalue weighted by atomic mass is 16.2. The zero-order valence-electron chi connectivity index (χ0n) is 17.2. The van der Waals surface area contributed by atoms with Gasteiger partial charge in [0.15, 0.2) is 0 Å². The van der Waals surface area contributed by atoms with Gasteiger partial charge in [-0.1, -0.05) is 24.3 Å². The summed E-state index contributed by atoms with van der Waals surface area (Å²) in [6.07, 6.45) is 10.3. The maximum Gasteiger partial charge on any atom is 0.257 e. The van der Waals surface area contributed by atoms with Gasteiger partial charge in [-0.25, -0.2) is 14.6 Å². The molecular weight excluding hydrogens is 374 g/mol. The summed E-state index contributed by atoms with van der Waals surface area (Å²) in [5.74, 6) is 1.32. The Balaban J connectivity index is 1.38. The van der Waals surface area contributed by atoms with E-state index in [1.54, 1.807) is 10.9 Å². The van der Waals surface area contributed by atoms with Gasteiger partial charge in [0.05, 0.1) is 23.1 Å². The molecule has 0 radical (unpaired) electrons. The van der Waals surface area contributed by atoms with Crippen LogP contribution in [-0.2, 0) is 12.8 Å². The summed E-state index contributed by atoms with van der Waals surface area (Å²) in [6.45, 7) is 2.83. The summed E-state index contributed by atoms with van der Waals surface area (Å²) in [5, 5.41) is 4.51. The van der Waals surface area contributed by atoms with Crippen LogP contribution >= 0.6 is 0 Å². The first-order valence-electron chi connectivity index (χ1n) is 11.0. The molecule has 1 aliphatic heterocycles. The molecule has 0 spiro atoms. The lowest BCUT2D eigenvalue weighted by Gasteiger charge is -2.26. The Morgan fingerprint density at radius 1 is 1.10 bits per heavy atom. The van der Waals surface area contributed by atoms with E-state index in [1.807, 2.05) is 13.1 Å². The quantitative estimate of drug-likeness (QED) is 0.658. The van der Waals surface area contributed by atoms with E-state index in [0.717, 1.165) is 50.0 Å². The normalized spacial score (nSPS) is 22.0. The van der Waals surface area contributed by atoms with Crippen molar-refractivity contribution in [3.05, 3.63) is 59.0 Å². The molecule has 2 fully saturated rings. The van der Waals surface area contributed by atoms with Gasteiger partial charge in [0.1, 0.15) is 0 Å². The molecule has 2 bridgehead atoms. The van der Waals surface area contributed by atoms with Crippen molar-refractivity contribution in [2.75, 3.05) is 6.54 Å². The van der Waals surface area contributed by atoms with E-state index in [4.69, 9.17) is 4.98 Å². The molecule has 1 amide bonds. The molecule has 2 atom stereocenters.